The molecule has 28 heavy (non-hydrogen) atoms. The third-order valence-corrected chi connectivity index (χ3v) is 4.73. The second kappa shape index (κ2) is 9.48. The van der Waals surface area contributed by atoms with Crippen LogP contribution in [0.15, 0.2) is 54.6 Å². The smallest absolute Gasteiger partial charge is 0.244 e. The van der Waals surface area contributed by atoms with Gasteiger partial charge in [0.2, 0.25) is 5.91 Å². The van der Waals surface area contributed by atoms with E-state index in [9.17, 15) is 14.3 Å². The Hall–Kier alpha value is -2.70. The van der Waals surface area contributed by atoms with Gasteiger partial charge < -0.3 is 20.1 Å². The zero-order valence-electron chi connectivity index (χ0n) is 15.8. The molecule has 1 aliphatic rings. The van der Waals surface area contributed by atoms with Crippen LogP contribution in [0.1, 0.15) is 24.1 Å². The van der Waals surface area contributed by atoms with Gasteiger partial charge in [-0.05, 0) is 48.4 Å². The highest BCUT2D eigenvalue weighted by atomic mass is 19.1. The first-order valence-electron chi connectivity index (χ1n) is 9.36. The van der Waals surface area contributed by atoms with E-state index in [1.165, 1.54) is 18.2 Å². The van der Waals surface area contributed by atoms with Crippen LogP contribution in [0.2, 0.25) is 0 Å². The van der Waals surface area contributed by atoms with Crippen LogP contribution in [0.3, 0.4) is 0 Å². The molecule has 5 nitrogen and oxygen atoms in total. The van der Waals surface area contributed by atoms with Gasteiger partial charge in [0, 0.05) is 24.9 Å². The number of rotatable bonds is 6. The van der Waals surface area contributed by atoms with Crippen LogP contribution in [0.4, 0.5) is 10.1 Å². The fourth-order valence-electron chi connectivity index (χ4n) is 3.15. The Kier molecular flexibility index (Phi) is 6.79. The normalized spacial score (nSPS) is 18.2. The molecule has 6 heteroatoms. The fourth-order valence-corrected chi connectivity index (χ4v) is 3.15. The summed E-state index contributed by atoms with van der Waals surface area (Å²) in [6.07, 6.45) is 2.92. The Morgan fingerprint density at radius 1 is 1.36 bits per heavy atom. The predicted octanol–water partition coefficient (Wildman–Crippen LogP) is 2.91. The van der Waals surface area contributed by atoms with Gasteiger partial charge >= 0.3 is 0 Å². The average Bonchev–Trinajstić information content (AvgIpc) is 2.73. The molecule has 1 saturated heterocycles. The quantitative estimate of drug-likeness (QED) is 0.752. The molecule has 0 saturated carbocycles. The lowest BCUT2D eigenvalue weighted by Gasteiger charge is -2.34. The number of anilines is 1. The minimum atomic E-state index is -0.305. The molecular formula is C22H25FN2O3. The number of aliphatic hydroxyl groups is 1. The van der Waals surface area contributed by atoms with E-state index in [1.54, 1.807) is 18.2 Å². The Morgan fingerprint density at radius 2 is 2.14 bits per heavy atom. The number of morpholine rings is 1. The second-order valence-corrected chi connectivity index (χ2v) is 6.83. The Balaban J connectivity index is 1.61. The maximum absolute atomic E-state index is 12.9. The van der Waals surface area contributed by atoms with Crippen molar-refractivity contribution in [2.45, 2.75) is 19.1 Å². The van der Waals surface area contributed by atoms with Crippen LogP contribution in [-0.4, -0.2) is 43.4 Å². The number of nitrogens with zero attached hydrogens (tertiary/aromatic N) is 1. The molecule has 0 bridgehead atoms. The number of carbonyl (C=O) groups excluding carboxylic acids is 1. The molecule has 0 radical (unpaired) electrons. The number of hydrogen-bond donors (Lipinski definition) is 2. The third kappa shape index (κ3) is 5.41. The molecular weight excluding hydrogens is 359 g/mol. The van der Waals surface area contributed by atoms with Crippen LogP contribution in [0, 0.1) is 5.82 Å². The molecule has 148 valence electrons. The topological polar surface area (TPSA) is 61.8 Å². The standard InChI is InChI=1S/C22H25FN2O3/c1-16(24-22(27)10-7-17-5-8-19(23)9-6-17)18-3-2-4-20(13-18)25-11-12-28-21(14-25)15-26/h2-10,13,16,21,26H,11-12,14-15H2,1H3,(H,24,27)/b10-7+. The van der Waals surface area contributed by atoms with Crippen LogP contribution < -0.4 is 10.2 Å². The molecule has 2 unspecified atom stereocenters. The van der Waals surface area contributed by atoms with E-state index in [4.69, 9.17) is 4.74 Å². The molecule has 1 fully saturated rings. The highest BCUT2D eigenvalue weighted by Gasteiger charge is 2.20. The molecule has 2 aromatic rings. The number of halogens is 1. The zero-order valence-corrected chi connectivity index (χ0v) is 15.8. The third-order valence-electron chi connectivity index (χ3n) is 4.73. The van der Waals surface area contributed by atoms with Crippen molar-refractivity contribution in [2.24, 2.45) is 0 Å². The van der Waals surface area contributed by atoms with Crippen LogP contribution >= 0.6 is 0 Å². The van der Waals surface area contributed by atoms with Gasteiger partial charge in [-0.3, -0.25) is 4.79 Å². The minimum Gasteiger partial charge on any atom is -0.394 e. The predicted molar refractivity (Wildman–Crippen MR) is 107 cm³/mol. The number of hydrogen-bond acceptors (Lipinski definition) is 4. The summed E-state index contributed by atoms with van der Waals surface area (Å²) in [5.41, 5.74) is 2.80. The summed E-state index contributed by atoms with van der Waals surface area (Å²) in [6, 6.07) is 13.8. The highest BCUT2D eigenvalue weighted by molar-refractivity contribution is 5.92. The molecule has 2 atom stereocenters. The van der Waals surface area contributed by atoms with Crippen molar-refractivity contribution in [3.63, 3.8) is 0 Å². The van der Waals surface area contributed by atoms with Gasteiger partial charge in [0.15, 0.2) is 0 Å². The Bertz CT molecular complexity index is 823. The molecule has 1 heterocycles. The zero-order chi connectivity index (χ0) is 19.9. The van der Waals surface area contributed by atoms with Crippen molar-refractivity contribution in [3.05, 3.63) is 71.6 Å². The molecule has 0 aliphatic carbocycles. The Morgan fingerprint density at radius 3 is 2.89 bits per heavy atom. The minimum absolute atomic E-state index is 0.00302. The number of aliphatic hydroxyl groups excluding tert-OH is 1. The first kappa shape index (κ1) is 20.0. The van der Waals surface area contributed by atoms with E-state index in [2.05, 4.69) is 10.2 Å². The van der Waals surface area contributed by atoms with Crippen molar-refractivity contribution in [1.29, 1.82) is 0 Å². The van der Waals surface area contributed by atoms with Gasteiger partial charge in [0.1, 0.15) is 5.82 Å². The first-order chi connectivity index (χ1) is 13.5. The van der Waals surface area contributed by atoms with Crippen LogP contribution in [0.5, 0.6) is 0 Å². The number of benzene rings is 2. The van der Waals surface area contributed by atoms with Gasteiger partial charge in [-0.1, -0.05) is 24.3 Å². The number of ether oxygens (including phenoxy) is 1. The second-order valence-electron chi connectivity index (χ2n) is 6.83. The van der Waals surface area contributed by atoms with E-state index >= 15 is 0 Å². The maximum Gasteiger partial charge on any atom is 0.244 e. The number of amides is 1. The maximum atomic E-state index is 12.9. The van der Waals surface area contributed by atoms with Crippen molar-refractivity contribution in [2.75, 3.05) is 31.2 Å². The fraction of sp³-hybridized carbons (Fsp3) is 0.318. The van der Waals surface area contributed by atoms with E-state index in [-0.39, 0.29) is 30.5 Å². The summed E-state index contributed by atoms with van der Waals surface area (Å²) in [5.74, 6) is -0.519. The lowest BCUT2D eigenvalue weighted by molar-refractivity contribution is -0.117. The molecule has 1 amide bonds. The van der Waals surface area contributed by atoms with E-state index < -0.39 is 0 Å². The van der Waals surface area contributed by atoms with Crippen molar-refractivity contribution < 1.29 is 19.0 Å². The largest absolute Gasteiger partial charge is 0.394 e. The summed E-state index contributed by atoms with van der Waals surface area (Å²) >= 11 is 0. The lowest BCUT2D eigenvalue weighted by Crippen LogP contribution is -2.44. The summed E-state index contributed by atoms with van der Waals surface area (Å²) in [7, 11) is 0. The molecule has 2 aromatic carbocycles. The molecule has 3 rings (SSSR count). The van der Waals surface area contributed by atoms with E-state index in [0.29, 0.717) is 13.2 Å². The highest BCUT2D eigenvalue weighted by Crippen LogP contribution is 2.22. The van der Waals surface area contributed by atoms with E-state index in [1.807, 2.05) is 31.2 Å². The van der Waals surface area contributed by atoms with Crippen LogP contribution in [-0.2, 0) is 9.53 Å². The SMILES string of the molecule is CC(NC(=O)/C=C/c1ccc(F)cc1)c1cccc(N2CCOC(CO)C2)c1. The lowest BCUT2D eigenvalue weighted by atomic mass is 10.1. The summed E-state index contributed by atoms with van der Waals surface area (Å²) in [6.45, 7) is 3.92. The van der Waals surface area contributed by atoms with Gasteiger partial charge in [0.05, 0.1) is 25.4 Å². The van der Waals surface area contributed by atoms with Crippen molar-refractivity contribution >= 4 is 17.7 Å². The number of nitrogens with one attached hydrogen (secondary N) is 1. The van der Waals surface area contributed by atoms with Gasteiger partial charge in [-0.2, -0.15) is 0 Å². The summed E-state index contributed by atoms with van der Waals surface area (Å²) in [4.78, 5) is 14.4. The summed E-state index contributed by atoms with van der Waals surface area (Å²) in [5, 5.41) is 12.3. The van der Waals surface area contributed by atoms with Gasteiger partial charge in [0.25, 0.3) is 0 Å². The average molecular weight is 384 g/mol. The van der Waals surface area contributed by atoms with Gasteiger partial charge in [-0.15, -0.1) is 0 Å². The monoisotopic (exact) mass is 384 g/mol. The summed E-state index contributed by atoms with van der Waals surface area (Å²) < 4.78 is 18.4. The van der Waals surface area contributed by atoms with Gasteiger partial charge in [-0.25, -0.2) is 4.39 Å². The molecule has 0 aromatic heterocycles. The Labute approximate surface area is 164 Å². The molecule has 2 N–H and O–H groups in total. The van der Waals surface area contributed by atoms with Crippen molar-refractivity contribution in [3.8, 4) is 0 Å². The molecule has 0 spiro atoms. The van der Waals surface area contributed by atoms with Crippen LogP contribution in [0.25, 0.3) is 6.08 Å². The first-order valence-corrected chi connectivity index (χ1v) is 9.36. The van der Waals surface area contributed by atoms with Crippen molar-refractivity contribution in [1.82, 2.24) is 5.32 Å². The van der Waals surface area contributed by atoms with E-state index in [0.717, 1.165) is 23.4 Å². The number of carbonyl (C=O) groups is 1. The molecule has 1 aliphatic heterocycles.